The molecule has 9 heteroatoms. The Balaban J connectivity index is 0.00000353. The Bertz CT molecular complexity index is 1380. The van der Waals surface area contributed by atoms with Gasteiger partial charge in [-0.25, -0.2) is 9.78 Å². The van der Waals surface area contributed by atoms with Gasteiger partial charge in [0.1, 0.15) is 12.4 Å². The highest BCUT2D eigenvalue weighted by molar-refractivity contribution is 5.88. The number of carbonyl (C=O) groups is 1. The number of halogens is 1. The van der Waals surface area contributed by atoms with Gasteiger partial charge in [0.25, 0.3) is 0 Å². The van der Waals surface area contributed by atoms with Crippen LogP contribution in [0.15, 0.2) is 72.8 Å². The standard InChI is InChI=1S/C30H31N3O5.ClH/c1-2-36-29(34)21-38-26-11-10-23-18-25(9-8-24(23)19-26)30-31-27(22-6-4-3-5-7-22)20-28(32-30)37-17-14-33-12-15-35-16-13-33;/h3-11,18-20H,2,12-17,21H2,1H3;1H. The average molecular weight is 550 g/mol. The summed E-state index contributed by atoms with van der Waals surface area (Å²) >= 11 is 0. The molecular formula is C30H32ClN3O5. The van der Waals surface area contributed by atoms with Gasteiger partial charge >= 0.3 is 5.97 Å². The summed E-state index contributed by atoms with van der Waals surface area (Å²) in [5, 5.41) is 1.99. The Labute approximate surface area is 234 Å². The van der Waals surface area contributed by atoms with E-state index in [1.165, 1.54) is 0 Å². The van der Waals surface area contributed by atoms with Crippen LogP contribution in [0.5, 0.6) is 11.6 Å². The van der Waals surface area contributed by atoms with E-state index in [9.17, 15) is 4.79 Å². The summed E-state index contributed by atoms with van der Waals surface area (Å²) in [6.07, 6.45) is 0. The highest BCUT2D eigenvalue weighted by atomic mass is 35.5. The SMILES string of the molecule is CCOC(=O)COc1ccc2cc(-c3nc(OCCN4CCOCC4)cc(-c4ccccc4)n3)ccc2c1.Cl. The first kappa shape index (κ1) is 28.3. The third kappa shape index (κ3) is 7.66. The van der Waals surface area contributed by atoms with Crippen LogP contribution >= 0.6 is 12.4 Å². The number of aromatic nitrogens is 2. The summed E-state index contributed by atoms with van der Waals surface area (Å²) < 4.78 is 22.1. The van der Waals surface area contributed by atoms with Gasteiger partial charge < -0.3 is 18.9 Å². The molecule has 8 nitrogen and oxygen atoms in total. The summed E-state index contributed by atoms with van der Waals surface area (Å²) in [7, 11) is 0. The Morgan fingerprint density at radius 3 is 2.46 bits per heavy atom. The van der Waals surface area contributed by atoms with E-state index in [0.29, 0.717) is 30.7 Å². The number of fused-ring (bicyclic) bond motifs is 1. The molecule has 0 amide bonds. The van der Waals surface area contributed by atoms with Crippen LogP contribution in [0.3, 0.4) is 0 Å². The molecule has 39 heavy (non-hydrogen) atoms. The summed E-state index contributed by atoms with van der Waals surface area (Å²) in [6, 6.07) is 23.7. The number of esters is 1. The van der Waals surface area contributed by atoms with Gasteiger partial charge in [0, 0.05) is 36.8 Å². The molecule has 0 aliphatic carbocycles. The second kappa shape index (κ2) is 13.9. The Morgan fingerprint density at radius 1 is 0.897 bits per heavy atom. The van der Waals surface area contributed by atoms with Crippen molar-refractivity contribution in [1.29, 1.82) is 0 Å². The maximum absolute atomic E-state index is 11.6. The lowest BCUT2D eigenvalue weighted by Crippen LogP contribution is -2.38. The smallest absolute Gasteiger partial charge is 0.344 e. The van der Waals surface area contributed by atoms with Crippen molar-refractivity contribution >= 4 is 29.1 Å². The van der Waals surface area contributed by atoms with Crippen LogP contribution in [0, 0.1) is 0 Å². The molecule has 0 unspecified atom stereocenters. The van der Waals surface area contributed by atoms with Crippen LogP contribution in [0.4, 0.5) is 0 Å². The molecule has 3 aromatic carbocycles. The third-order valence-electron chi connectivity index (χ3n) is 6.27. The first-order valence-electron chi connectivity index (χ1n) is 12.9. The van der Waals surface area contributed by atoms with Crippen LogP contribution in [-0.2, 0) is 14.3 Å². The molecule has 0 saturated carbocycles. The number of nitrogens with zero attached hydrogens (tertiary/aromatic N) is 3. The minimum absolute atomic E-state index is 0. The van der Waals surface area contributed by atoms with Gasteiger partial charge in [-0.1, -0.05) is 48.5 Å². The lowest BCUT2D eigenvalue weighted by Gasteiger charge is -2.26. The van der Waals surface area contributed by atoms with Crippen molar-refractivity contribution in [1.82, 2.24) is 14.9 Å². The van der Waals surface area contributed by atoms with Crippen molar-refractivity contribution in [3.8, 4) is 34.3 Å². The summed E-state index contributed by atoms with van der Waals surface area (Å²) in [6.45, 7) is 6.69. The summed E-state index contributed by atoms with van der Waals surface area (Å²) in [5.41, 5.74) is 2.69. The molecular weight excluding hydrogens is 518 g/mol. The fourth-order valence-corrected chi connectivity index (χ4v) is 4.29. The van der Waals surface area contributed by atoms with E-state index < -0.39 is 0 Å². The van der Waals surface area contributed by atoms with Crippen LogP contribution in [-0.4, -0.2) is 73.5 Å². The number of ether oxygens (including phenoxy) is 4. The average Bonchev–Trinajstić information content (AvgIpc) is 2.97. The Hall–Kier alpha value is -3.72. The van der Waals surface area contributed by atoms with Gasteiger partial charge in [-0.05, 0) is 35.9 Å². The molecule has 4 aromatic rings. The second-order valence-corrected chi connectivity index (χ2v) is 8.90. The minimum atomic E-state index is -0.388. The lowest BCUT2D eigenvalue weighted by atomic mass is 10.1. The van der Waals surface area contributed by atoms with E-state index in [1.54, 1.807) is 6.92 Å². The lowest BCUT2D eigenvalue weighted by molar-refractivity contribution is -0.145. The van der Waals surface area contributed by atoms with E-state index in [0.717, 1.165) is 60.4 Å². The van der Waals surface area contributed by atoms with E-state index >= 15 is 0 Å². The van der Waals surface area contributed by atoms with Crippen molar-refractivity contribution < 1.29 is 23.7 Å². The number of hydrogen-bond acceptors (Lipinski definition) is 8. The monoisotopic (exact) mass is 549 g/mol. The zero-order valence-corrected chi connectivity index (χ0v) is 22.7. The molecule has 0 radical (unpaired) electrons. The number of morpholine rings is 1. The van der Waals surface area contributed by atoms with Gasteiger partial charge in [-0.15, -0.1) is 12.4 Å². The summed E-state index contributed by atoms with van der Waals surface area (Å²) in [4.78, 5) is 23.6. The molecule has 0 spiro atoms. The highest BCUT2D eigenvalue weighted by Crippen LogP contribution is 2.29. The molecule has 1 aromatic heterocycles. The predicted molar refractivity (Wildman–Crippen MR) is 153 cm³/mol. The largest absolute Gasteiger partial charge is 0.482 e. The summed E-state index contributed by atoms with van der Waals surface area (Å²) in [5.74, 6) is 1.36. The van der Waals surface area contributed by atoms with Gasteiger partial charge in [0.2, 0.25) is 5.88 Å². The van der Waals surface area contributed by atoms with Crippen LogP contribution < -0.4 is 9.47 Å². The first-order valence-corrected chi connectivity index (χ1v) is 12.9. The normalized spacial score (nSPS) is 13.5. The fraction of sp³-hybridized carbons (Fsp3) is 0.300. The van der Waals surface area contributed by atoms with E-state index in [-0.39, 0.29) is 25.0 Å². The third-order valence-corrected chi connectivity index (χ3v) is 6.27. The molecule has 1 aliphatic heterocycles. The van der Waals surface area contributed by atoms with Gasteiger partial charge in [0.05, 0.1) is 25.5 Å². The number of rotatable bonds is 10. The van der Waals surface area contributed by atoms with Crippen molar-refractivity contribution in [3.05, 3.63) is 72.8 Å². The highest BCUT2D eigenvalue weighted by Gasteiger charge is 2.13. The molecule has 0 atom stereocenters. The molecule has 204 valence electrons. The number of benzene rings is 3. The quantitative estimate of drug-likeness (QED) is 0.254. The van der Waals surface area contributed by atoms with E-state index in [1.807, 2.05) is 72.8 Å². The van der Waals surface area contributed by atoms with Crippen LogP contribution in [0.25, 0.3) is 33.4 Å². The molecule has 0 bridgehead atoms. The van der Waals surface area contributed by atoms with Crippen LogP contribution in [0.2, 0.25) is 0 Å². The topological polar surface area (TPSA) is 83.0 Å². The van der Waals surface area contributed by atoms with Gasteiger partial charge in [-0.3, -0.25) is 4.90 Å². The zero-order chi connectivity index (χ0) is 26.2. The zero-order valence-electron chi connectivity index (χ0n) is 21.9. The molecule has 1 fully saturated rings. The van der Waals surface area contributed by atoms with Gasteiger partial charge in [-0.2, -0.15) is 4.98 Å². The van der Waals surface area contributed by atoms with Crippen molar-refractivity contribution in [2.24, 2.45) is 0 Å². The van der Waals surface area contributed by atoms with Crippen molar-refractivity contribution in [2.45, 2.75) is 6.92 Å². The second-order valence-electron chi connectivity index (χ2n) is 8.90. The minimum Gasteiger partial charge on any atom is -0.482 e. The number of hydrogen-bond donors (Lipinski definition) is 0. The maximum Gasteiger partial charge on any atom is 0.344 e. The van der Waals surface area contributed by atoms with Crippen molar-refractivity contribution in [2.75, 3.05) is 52.7 Å². The first-order chi connectivity index (χ1) is 18.7. The molecule has 5 rings (SSSR count). The predicted octanol–water partition coefficient (Wildman–Crippen LogP) is 5.04. The van der Waals surface area contributed by atoms with E-state index in [4.69, 9.17) is 28.9 Å². The van der Waals surface area contributed by atoms with Crippen molar-refractivity contribution in [3.63, 3.8) is 0 Å². The maximum atomic E-state index is 11.6. The van der Waals surface area contributed by atoms with E-state index in [2.05, 4.69) is 4.90 Å². The molecule has 1 aliphatic rings. The Morgan fingerprint density at radius 2 is 1.67 bits per heavy atom. The molecule has 2 heterocycles. The van der Waals surface area contributed by atoms with Gasteiger partial charge in [0.15, 0.2) is 12.4 Å². The fourth-order valence-electron chi connectivity index (χ4n) is 4.29. The number of carbonyl (C=O) groups excluding carboxylic acids is 1. The van der Waals surface area contributed by atoms with Crippen LogP contribution in [0.1, 0.15) is 6.92 Å². The Kier molecular flexibility index (Phi) is 10.1. The molecule has 0 N–H and O–H groups in total. The molecule has 1 saturated heterocycles.